The fourth-order valence-electron chi connectivity index (χ4n) is 3.11. The molecule has 6 nitrogen and oxygen atoms in total. The standard InChI is InChI=1S/C17H25N5O/c1-3-10(2)13-8-19-16(18)14-9-20-17(22-15(13)14)21-11-4-6-12(23)7-5-11/h8-12,23H,3-7H2,1-2H3,(H2,18,19)(H,20,21,22)/t10?,11-,12-. The molecule has 0 aromatic carbocycles. The van der Waals surface area contributed by atoms with E-state index < -0.39 is 0 Å². The average Bonchev–Trinajstić information content (AvgIpc) is 2.56. The number of anilines is 2. The summed E-state index contributed by atoms with van der Waals surface area (Å²) in [5, 5.41) is 13.8. The van der Waals surface area contributed by atoms with E-state index in [0.29, 0.717) is 23.7 Å². The van der Waals surface area contributed by atoms with Crippen LogP contribution in [0.25, 0.3) is 10.9 Å². The zero-order valence-electron chi connectivity index (χ0n) is 13.8. The van der Waals surface area contributed by atoms with E-state index in [2.05, 4.69) is 29.1 Å². The Morgan fingerprint density at radius 2 is 2.00 bits per heavy atom. The Kier molecular flexibility index (Phi) is 4.61. The van der Waals surface area contributed by atoms with Crippen LogP contribution < -0.4 is 11.1 Å². The monoisotopic (exact) mass is 315 g/mol. The highest BCUT2D eigenvalue weighted by molar-refractivity contribution is 5.90. The van der Waals surface area contributed by atoms with Crippen LogP contribution in [0.15, 0.2) is 12.4 Å². The highest BCUT2D eigenvalue weighted by Gasteiger charge is 2.20. The van der Waals surface area contributed by atoms with E-state index >= 15 is 0 Å². The fourth-order valence-corrected chi connectivity index (χ4v) is 3.11. The third kappa shape index (κ3) is 3.37. The lowest BCUT2D eigenvalue weighted by atomic mass is 9.93. The van der Waals surface area contributed by atoms with Gasteiger partial charge in [-0.15, -0.1) is 0 Å². The summed E-state index contributed by atoms with van der Waals surface area (Å²) in [4.78, 5) is 13.4. The van der Waals surface area contributed by atoms with Gasteiger partial charge in [-0.1, -0.05) is 13.8 Å². The molecule has 1 saturated carbocycles. The second kappa shape index (κ2) is 6.66. The van der Waals surface area contributed by atoms with Gasteiger partial charge in [0.25, 0.3) is 0 Å². The van der Waals surface area contributed by atoms with Gasteiger partial charge in [-0.25, -0.2) is 15.0 Å². The number of fused-ring (bicyclic) bond motifs is 1. The van der Waals surface area contributed by atoms with Crippen LogP contribution in [-0.2, 0) is 0 Å². The maximum Gasteiger partial charge on any atom is 0.223 e. The van der Waals surface area contributed by atoms with Gasteiger partial charge in [0.1, 0.15) is 5.82 Å². The van der Waals surface area contributed by atoms with Crippen LogP contribution in [0.2, 0.25) is 0 Å². The molecule has 0 radical (unpaired) electrons. The molecule has 0 aliphatic heterocycles. The van der Waals surface area contributed by atoms with Crippen molar-refractivity contribution in [1.29, 1.82) is 0 Å². The van der Waals surface area contributed by atoms with Crippen molar-refractivity contribution >= 4 is 22.7 Å². The van der Waals surface area contributed by atoms with E-state index in [9.17, 15) is 5.11 Å². The zero-order chi connectivity index (χ0) is 16.4. The number of hydrogen-bond donors (Lipinski definition) is 3. The Labute approximate surface area is 136 Å². The molecule has 6 heteroatoms. The van der Waals surface area contributed by atoms with Crippen molar-refractivity contribution in [3.8, 4) is 0 Å². The number of nitrogens with one attached hydrogen (secondary N) is 1. The summed E-state index contributed by atoms with van der Waals surface area (Å²) in [6.07, 6.45) is 8.01. The molecule has 0 bridgehead atoms. The number of nitrogen functional groups attached to an aromatic ring is 1. The number of aliphatic hydroxyl groups is 1. The predicted octanol–water partition coefficient (Wildman–Crippen LogP) is 2.84. The van der Waals surface area contributed by atoms with Crippen LogP contribution in [0.3, 0.4) is 0 Å². The summed E-state index contributed by atoms with van der Waals surface area (Å²) in [6, 6.07) is 0.321. The molecule has 0 spiro atoms. The third-order valence-electron chi connectivity index (χ3n) is 4.85. The van der Waals surface area contributed by atoms with E-state index in [4.69, 9.17) is 10.7 Å². The molecule has 23 heavy (non-hydrogen) atoms. The van der Waals surface area contributed by atoms with E-state index in [-0.39, 0.29) is 6.10 Å². The van der Waals surface area contributed by atoms with Crippen molar-refractivity contribution in [2.45, 2.75) is 64.0 Å². The minimum Gasteiger partial charge on any atom is -0.393 e. The van der Waals surface area contributed by atoms with Gasteiger partial charge in [0.15, 0.2) is 0 Å². The van der Waals surface area contributed by atoms with E-state index in [0.717, 1.165) is 48.6 Å². The third-order valence-corrected chi connectivity index (χ3v) is 4.85. The smallest absolute Gasteiger partial charge is 0.223 e. The molecule has 2 aromatic heterocycles. The van der Waals surface area contributed by atoms with Gasteiger partial charge in [0, 0.05) is 18.4 Å². The van der Waals surface area contributed by atoms with Gasteiger partial charge in [0.2, 0.25) is 5.95 Å². The number of rotatable bonds is 4. The average molecular weight is 315 g/mol. The molecule has 2 aromatic rings. The second-order valence-electron chi connectivity index (χ2n) is 6.51. The van der Waals surface area contributed by atoms with Crippen LogP contribution in [0.1, 0.15) is 57.4 Å². The SMILES string of the molecule is CCC(C)c1cnc(N)c2cnc(N[C@H]3CC[C@H](O)CC3)nc12. The van der Waals surface area contributed by atoms with Crippen LogP contribution in [0, 0.1) is 0 Å². The van der Waals surface area contributed by atoms with Crippen molar-refractivity contribution < 1.29 is 5.11 Å². The van der Waals surface area contributed by atoms with Gasteiger partial charge in [-0.3, -0.25) is 0 Å². The maximum atomic E-state index is 9.61. The summed E-state index contributed by atoms with van der Waals surface area (Å²) < 4.78 is 0. The van der Waals surface area contributed by atoms with Crippen molar-refractivity contribution in [2.75, 3.05) is 11.1 Å². The first-order valence-corrected chi connectivity index (χ1v) is 8.44. The Balaban J connectivity index is 1.90. The zero-order valence-corrected chi connectivity index (χ0v) is 13.8. The highest BCUT2D eigenvalue weighted by atomic mass is 16.3. The summed E-state index contributed by atoms with van der Waals surface area (Å²) in [5.74, 6) is 1.48. The molecule has 1 unspecified atom stereocenters. The predicted molar refractivity (Wildman–Crippen MR) is 92.3 cm³/mol. The van der Waals surface area contributed by atoms with Crippen molar-refractivity contribution in [3.63, 3.8) is 0 Å². The number of nitrogens with zero attached hydrogens (tertiary/aromatic N) is 3. The molecule has 1 atom stereocenters. The second-order valence-corrected chi connectivity index (χ2v) is 6.51. The summed E-state index contributed by atoms with van der Waals surface area (Å²) in [7, 11) is 0. The number of aliphatic hydroxyl groups excluding tert-OH is 1. The minimum atomic E-state index is -0.159. The number of pyridine rings is 1. The lowest BCUT2D eigenvalue weighted by Crippen LogP contribution is -2.28. The minimum absolute atomic E-state index is 0.159. The topological polar surface area (TPSA) is 97.0 Å². The molecule has 0 saturated heterocycles. The van der Waals surface area contributed by atoms with Crippen LogP contribution in [0.5, 0.6) is 0 Å². The Bertz CT molecular complexity index is 682. The lowest BCUT2D eigenvalue weighted by Gasteiger charge is -2.26. The highest BCUT2D eigenvalue weighted by Crippen LogP contribution is 2.29. The van der Waals surface area contributed by atoms with Crippen LogP contribution in [-0.4, -0.2) is 32.2 Å². The quantitative estimate of drug-likeness (QED) is 0.802. The normalized spacial score (nSPS) is 22.9. The van der Waals surface area contributed by atoms with Crippen molar-refractivity contribution in [2.24, 2.45) is 0 Å². The maximum absolute atomic E-state index is 9.61. The van der Waals surface area contributed by atoms with Crippen molar-refractivity contribution in [3.05, 3.63) is 18.0 Å². The number of aromatic nitrogens is 3. The van der Waals surface area contributed by atoms with Gasteiger partial charge in [-0.05, 0) is 43.6 Å². The Morgan fingerprint density at radius 3 is 2.70 bits per heavy atom. The molecule has 4 N–H and O–H groups in total. The Hall–Kier alpha value is -1.95. The van der Waals surface area contributed by atoms with Gasteiger partial charge in [-0.2, -0.15) is 0 Å². The molecule has 1 aliphatic rings. The first-order chi connectivity index (χ1) is 11.1. The molecular formula is C17H25N5O. The van der Waals surface area contributed by atoms with E-state index in [1.165, 1.54) is 0 Å². The van der Waals surface area contributed by atoms with E-state index in [1.807, 2.05) is 6.20 Å². The summed E-state index contributed by atoms with van der Waals surface area (Å²) >= 11 is 0. The summed E-state index contributed by atoms with van der Waals surface area (Å²) in [5.41, 5.74) is 7.98. The lowest BCUT2D eigenvalue weighted by molar-refractivity contribution is 0.126. The molecular weight excluding hydrogens is 290 g/mol. The van der Waals surface area contributed by atoms with E-state index in [1.54, 1.807) is 6.20 Å². The number of hydrogen-bond acceptors (Lipinski definition) is 6. The molecule has 0 amide bonds. The van der Waals surface area contributed by atoms with Gasteiger partial charge >= 0.3 is 0 Å². The first-order valence-electron chi connectivity index (χ1n) is 8.44. The number of nitrogens with two attached hydrogens (primary N) is 1. The van der Waals surface area contributed by atoms with Gasteiger partial charge in [0.05, 0.1) is 17.0 Å². The van der Waals surface area contributed by atoms with Crippen molar-refractivity contribution in [1.82, 2.24) is 15.0 Å². The van der Waals surface area contributed by atoms with Gasteiger partial charge < -0.3 is 16.2 Å². The molecule has 1 aliphatic carbocycles. The van der Waals surface area contributed by atoms with Crippen LogP contribution in [0.4, 0.5) is 11.8 Å². The Morgan fingerprint density at radius 1 is 1.26 bits per heavy atom. The molecule has 124 valence electrons. The summed E-state index contributed by atoms with van der Waals surface area (Å²) in [6.45, 7) is 4.32. The first kappa shape index (κ1) is 15.9. The molecule has 2 heterocycles. The largest absolute Gasteiger partial charge is 0.393 e. The molecule has 1 fully saturated rings. The fraction of sp³-hybridized carbons (Fsp3) is 0.588. The molecule has 3 rings (SSSR count). The van der Waals surface area contributed by atoms with Crippen LogP contribution >= 0.6 is 0 Å².